The van der Waals surface area contributed by atoms with E-state index in [1.165, 1.54) is 0 Å². The predicted octanol–water partition coefficient (Wildman–Crippen LogP) is 3.10. The molecule has 0 heterocycles. The number of anilines is 1. The standard InChI is InChI=1S/C24H28N2O2/c1-5-25(6-2)19-13-9-17(10-14-19)21-23(27)22(24(21)28)18-11-15-20(16-12-18)26(7-3)8-4/h9-16H,5-8H2,1-4H3. The second-order valence-electron chi connectivity index (χ2n) is 6.85. The van der Waals surface area contributed by atoms with Crippen LogP contribution in [0.2, 0.25) is 0 Å². The van der Waals surface area contributed by atoms with Gasteiger partial charge in [0.1, 0.15) is 13.1 Å². The molecule has 4 heteroatoms. The van der Waals surface area contributed by atoms with Crippen molar-refractivity contribution in [1.29, 1.82) is 0 Å². The van der Waals surface area contributed by atoms with E-state index in [4.69, 9.17) is 0 Å². The van der Waals surface area contributed by atoms with Crippen molar-refractivity contribution in [2.24, 2.45) is 0 Å². The van der Waals surface area contributed by atoms with Gasteiger partial charge in [0, 0.05) is 42.1 Å². The first-order chi connectivity index (χ1) is 13.5. The topological polar surface area (TPSA) is 46.4 Å². The van der Waals surface area contributed by atoms with Crippen LogP contribution in [0, 0.1) is 0 Å². The maximum absolute atomic E-state index is 12.7. The molecule has 2 aliphatic carbocycles. The summed E-state index contributed by atoms with van der Waals surface area (Å²) in [6.45, 7) is 12.1. The van der Waals surface area contributed by atoms with E-state index in [0.717, 1.165) is 37.6 Å². The molecule has 0 aromatic heterocycles. The van der Waals surface area contributed by atoms with E-state index in [-0.39, 0.29) is 11.5 Å². The third-order valence-electron chi connectivity index (χ3n) is 5.48. The summed E-state index contributed by atoms with van der Waals surface area (Å²) in [5.74, 6) is -0.313. The lowest BCUT2D eigenvalue weighted by atomic mass is 9.80. The molecule has 0 saturated carbocycles. The lowest BCUT2D eigenvalue weighted by Gasteiger charge is -2.32. The molecule has 0 saturated heterocycles. The van der Waals surface area contributed by atoms with Crippen LogP contribution in [0.1, 0.15) is 33.3 Å². The highest BCUT2D eigenvalue weighted by molar-refractivity contribution is 6.39. The van der Waals surface area contributed by atoms with Crippen molar-refractivity contribution in [3.05, 3.63) is 71.0 Å². The van der Waals surface area contributed by atoms with Crippen LogP contribution in [-0.2, 0) is 4.79 Å². The molecule has 0 amide bonds. The van der Waals surface area contributed by atoms with Crippen LogP contribution in [0.15, 0.2) is 65.5 Å². The average molecular weight is 377 g/mol. The summed E-state index contributed by atoms with van der Waals surface area (Å²) in [5, 5.41) is 12.7. The zero-order valence-corrected chi connectivity index (χ0v) is 17.2. The molecule has 28 heavy (non-hydrogen) atoms. The maximum atomic E-state index is 12.7. The van der Waals surface area contributed by atoms with E-state index in [0.29, 0.717) is 22.3 Å². The first-order valence-corrected chi connectivity index (χ1v) is 10.1. The van der Waals surface area contributed by atoms with Crippen molar-refractivity contribution in [3.63, 3.8) is 0 Å². The van der Waals surface area contributed by atoms with Gasteiger partial charge in [0.2, 0.25) is 0 Å². The summed E-state index contributed by atoms with van der Waals surface area (Å²) in [6, 6.07) is 7.71. The van der Waals surface area contributed by atoms with Crippen LogP contribution in [-0.4, -0.2) is 42.2 Å². The fourth-order valence-corrected chi connectivity index (χ4v) is 3.77. The van der Waals surface area contributed by atoms with Gasteiger partial charge in [-0.1, -0.05) is 17.9 Å². The molecule has 1 aromatic rings. The Bertz CT molecular complexity index is 900. The lowest BCUT2D eigenvalue weighted by Crippen LogP contribution is -2.30. The molecular weight excluding hydrogens is 348 g/mol. The Morgan fingerprint density at radius 1 is 0.857 bits per heavy atom. The zero-order chi connectivity index (χ0) is 20.3. The summed E-state index contributed by atoms with van der Waals surface area (Å²) in [4.78, 5) is 14.9. The maximum Gasteiger partial charge on any atom is 0.199 e. The van der Waals surface area contributed by atoms with Gasteiger partial charge in [0.25, 0.3) is 0 Å². The number of Topliss-reactive ketones (excluding diaryl/α,β-unsaturated/α-hetero) is 1. The van der Waals surface area contributed by atoms with Gasteiger partial charge in [0.05, 0.1) is 0 Å². The second-order valence-corrected chi connectivity index (χ2v) is 6.85. The highest BCUT2D eigenvalue weighted by atomic mass is 16.3. The second kappa shape index (κ2) is 8.42. The quantitative estimate of drug-likeness (QED) is 0.566. The van der Waals surface area contributed by atoms with E-state index < -0.39 is 0 Å². The van der Waals surface area contributed by atoms with Crippen LogP contribution < -0.4 is 10.0 Å². The molecule has 4 nitrogen and oxygen atoms in total. The number of hydrogen-bond donors (Lipinski definition) is 0. The van der Waals surface area contributed by atoms with Gasteiger partial charge in [-0.2, -0.15) is 0 Å². The third kappa shape index (κ3) is 3.47. The van der Waals surface area contributed by atoms with E-state index in [2.05, 4.69) is 37.2 Å². The molecule has 0 bridgehead atoms. The van der Waals surface area contributed by atoms with Gasteiger partial charge in [-0.3, -0.25) is 4.79 Å². The molecule has 1 aromatic carbocycles. The Labute approximate surface area is 167 Å². The molecule has 2 aliphatic rings. The van der Waals surface area contributed by atoms with Gasteiger partial charge in [-0.15, -0.1) is 0 Å². The van der Waals surface area contributed by atoms with Crippen LogP contribution in [0.25, 0.3) is 5.57 Å². The molecule has 0 fully saturated rings. The average Bonchev–Trinajstić information content (AvgIpc) is 2.72. The minimum atomic E-state index is -0.156. The summed E-state index contributed by atoms with van der Waals surface area (Å²) in [7, 11) is 0. The van der Waals surface area contributed by atoms with E-state index in [1.54, 1.807) is 0 Å². The normalized spacial score (nSPS) is 16.0. The fourth-order valence-electron chi connectivity index (χ4n) is 3.77. The SMILES string of the molecule is CCN(CC)c1ccc(C2=C([O-])C(=C3C=CC(=[N+](CC)CC)C=C3)C2=O)cc1. The van der Waals surface area contributed by atoms with Crippen molar-refractivity contribution in [2.45, 2.75) is 27.7 Å². The Balaban J connectivity index is 1.89. The van der Waals surface area contributed by atoms with E-state index in [1.807, 2.05) is 48.6 Å². The number of carbonyl (C=O) groups is 1. The number of benzene rings is 1. The molecule has 0 unspecified atom stereocenters. The minimum Gasteiger partial charge on any atom is -0.871 e. The number of rotatable bonds is 6. The van der Waals surface area contributed by atoms with E-state index in [9.17, 15) is 9.90 Å². The number of hydrogen-bond acceptors (Lipinski definition) is 3. The summed E-state index contributed by atoms with van der Waals surface area (Å²) in [5.41, 5.74) is 4.21. The molecule has 0 atom stereocenters. The first kappa shape index (κ1) is 19.9. The van der Waals surface area contributed by atoms with Gasteiger partial charge in [-0.25, -0.2) is 4.58 Å². The molecule has 0 N–H and O–H groups in total. The van der Waals surface area contributed by atoms with Gasteiger partial charge in [-0.05, 0) is 63.1 Å². The van der Waals surface area contributed by atoms with Crippen LogP contribution in [0.3, 0.4) is 0 Å². The Kier molecular flexibility index (Phi) is 5.98. The van der Waals surface area contributed by atoms with Crippen molar-refractivity contribution in [2.75, 3.05) is 31.1 Å². The predicted molar refractivity (Wildman–Crippen MR) is 114 cm³/mol. The largest absolute Gasteiger partial charge is 0.871 e. The van der Waals surface area contributed by atoms with Gasteiger partial charge < -0.3 is 10.0 Å². The van der Waals surface area contributed by atoms with Crippen LogP contribution in [0.4, 0.5) is 5.69 Å². The Morgan fingerprint density at radius 3 is 1.89 bits per heavy atom. The fraction of sp³-hybridized carbons (Fsp3) is 0.333. The number of allylic oxidation sites excluding steroid dienone is 7. The highest BCUT2D eigenvalue weighted by Gasteiger charge is 2.30. The smallest absolute Gasteiger partial charge is 0.199 e. The highest BCUT2D eigenvalue weighted by Crippen LogP contribution is 2.37. The monoisotopic (exact) mass is 376 g/mol. The summed E-state index contributed by atoms with van der Waals surface area (Å²) >= 11 is 0. The van der Waals surface area contributed by atoms with Crippen molar-refractivity contribution < 1.29 is 14.5 Å². The Morgan fingerprint density at radius 2 is 1.43 bits per heavy atom. The molecule has 146 valence electrons. The molecular formula is C24H28N2O2. The van der Waals surface area contributed by atoms with Crippen molar-refractivity contribution in [3.8, 4) is 0 Å². The number of carbonyl (C=O) groups excluding carboxylic acids is 1. The van der Waals surface area contributed by atoms with Crippen LogP contribution in [0.5, 0.6) is 0 Å². The molecule has 0 radical (unpaired) electrons. The zero-order valence-electron chi connectivity index (χ0n) is 17.2. The number of nitrogens with zero attached hydrogens (tertiary/aromatic N) is 2. The third-order valence-corrected chi connectivity index (χ3v) is 5.48. The summed E-state index contributed by atoms with van der Waals surface area (Å²) < 4.78 is 2.23. The Hall–Kier alpha value is -2.88. The van der Waals surface area contributed by atoms with Crippen molar-refractivity contribution >= 4 is 22.8 Å². The molecule has 0 aliphatic heterocycles. The molecule has 3 rings (SSSR count). The molecule has 0 spiro atoms. The van der Waals surface area contributed by atoms with Gasteiger partial charge in [0.15, 0.2) is 11.5 Å². The van der Waals surface area contributed by atoms with Gasteiger partial charge >= 0.3 is 0 Å². The minimum absolute atomic E-state index is 0.156. The van der Waals surface area contributed by atoms with Crippen molar-refractivity contribution in [1.82, 2.24) is 0 Å². The van der Waals surface area contributed by atoms with Crippen LogP contribution >= 0.6 is 0 Å². The lowest BCUT2D eigenvalue weighted by molar-refractivity contribution is -0.519. The summed E-state index contributed by atoms with van der Waals surface area (Å²) in [6.07, 6.45) is 7.71. The van der Waals surface area contributed by atoms with E-state index >= 15 is 0 Å². The number of ketones is 1. The first-order valence-electron chi connectivity index (χ1n) is 10.1.